The van der Waals surface area contributed by atoms with Gasteiger partial charge in [0.1, 0.15) is 5.82 Å². The molecule has 0 aliphatic carbocycles. The third-order valence-electron chi connectivity index (χ3n) is 3.93. The fourth-order valence-corrected chi connectivity index (χ4v) is 2.78. The fourth-order valence-electron chi connectivity index (χ4n) is 2.78. The second-order valence-corrected chi connectivity index (χ2v) is 5.75. The highest BCUT2D eigenvalue weighted by Gasteiger charge is 2.20. The Morgan fingerprint density at radius 2 is 1.88 bits per heavy atom. The van der Waals surface area contributed by atoms with E-state index in [4.69, 9.17) is 9.47 Å². The zero-order valence-electron chi connectivity index (χ0n) is 13.1. The Morgan fingerprint density at radius 1 is 1.04 bits per heavy atom. The van der Waals surface area contributed by atoms with Crippen molar-refractivity contribution in [2.45, 2.75) is 13.3 Å². The summed E-state index contributed by atoms with van der Waals surface area (Å²) in [6.45, 7) is 2.17. The van der Waals surface area contributed by atoms with Crippen LogP contribution in [0.1, 0.15) is 23.6 Å². The molecule has 0 aromatic heterocycles. The van der Waals surface area contributed by atoms with E-state index < -0.39 is 0 Å². The third-order valence-corrected chi connectivity index (χ3v) is 3.93. The van der Waals surface area contributed by atoms with E-state index in [9.17, 15) is 4.39 Å². The first kappa shape index (κ1) is 14.6. The smallest absolute Gasteiger partial charge is 0.231 e. The van der Waals surface area contributed by atoms with Gasteiger partial charge >= 0.3 is 0 Å². The van der Waals surface area contributed by atoms with Crippen LogP contribution >= 0.6 is 0 Å². The molecule has 0 fully saturated rings. The van der Waals surface area contributed by atoms with E-state index in [0.717, 1.165) is 28.2 Å². The van der Waals surface area contributed by atoms with E-state index >= 15 is 0 Å². The van der Waals surface area contributed by atoms with Gasteiger partial charge in [0.05, 0.1) is 5.71 Å². The normalized spacial score (nSPS) is 15.8. The number of fused-ring (bicyclic) bond motifs is 2. The van der Waals surface area contributed by atoms with E-state index in [-0.39, 0.29) is 12.6 Å². The van der Waals surface area contributed by atoms with Gasteiger partial charge in [-0.2, -0.15) is 10.2 Å². The van der Waals surface area contributed by atoms with E-state index in [2.05, 4.69) is 10.2 Å². The lowest BCUT2D eigenvalue weighted by Gasteiger charge is -2.08. The number of benzene rings is 2. The highest BCUT2D eigenvalue weighted by atomic mass is 19.1. The second-order valence-electron chi connectivity index (χ2n) is 5.75. The first-order valence-electron chi connectivity index (χ1n) is 7.67. The summed E-state index contributed by atoms with van der Waals surface area (Å²) in [5, 5.41) is 8.59. The van der Waals surface area contributed by atoms with Gasteiger partial charge in [0.15, 0.2) is 11.5 Å². The van der Waals surface area contributed by atoms with Crippen molar-refractivity contribution in [2.75, 3.05) is 6.79 Å². The number of ether oxygens (including phenoxy) is 2. The molecule has 2 aromatic rings. The van der Waals surface area contributed by atoms with Crippen molar-refractivity contribution in [2.24, 2.45) is 10.2 Å². The van der Waals surface area contributed by atoms with Gasteiger partial charge in [-0.3, -0.25) is 0 Å². The molecule has 0 atom stereocenters. The maximum absolute atomic E-state index is 13.3. The molecule has 0 radical (unpaired) electrons. The Hall–Kier alpha value is -2.95. The monoisotopic (exact) mass is 322 g/mol. The zero-order valence-corrected chi connectivity index (χ0v) is 13.1. The van der Waals surface area contributed by atoms with Gasteiger partial charge in [-0.15, -0.1) is 0 Å². The standard InChI is InChI=1S/C19H15FN2O2/c1-12-7-14-9-18-19(24-11-23-18)10-16(14)17(22-21-12)6-5-13-3-2-4-15(20)8-13/h2-6,8-10H,7,11H2,1H3. The summed E-state index contributed by atoms with van der Waals surface area (Å²) < 4.78 is 24.2. The number of halogens is 1. The largest absolute Gasteiger partial charge is 0.454 e. The van der Waals surface area contributed by atoms with Gasteiger partial charge in [0.2, 0.25) is 6.79 Å². The molecule has 2 heterocycles. The average Bonchev–Trinajstić information content (AvgIpc) is 2.95. The van der Waals surface area contributed by atoms with Gasteiger partial charge in [0.25, 0.3) is 0 Å². The zero-order chi connectivity index (χ0) is 16.5. The number of hydrogen-bond donors (Lipinski definition) is 0. The maximum atomic E-state index is 13.3. The number of hydrogen-bond acceptors (Lipinski definition) is 4. The van der Waals surface area contributed by atoms with Crippen LogP contribution in [0.25, 0.3) is 6.08 Å². The number of allylic oxidation sites excluding steroid dienone is 1. The Balaban J connectivity index is 1.75. The molecule has 2 aliphatic heterocycles. The molecule has 24 heavy (non-hydrogen) atoms. The highest BCUT2D eigenvalue weighted by Crippen LogP contribution is 2.36. The molecular formula is C19H15FN2O2. The molecule has 0 bridgehead atoms. The maximum Gasteiger partial charge on any atom is 0.231 e. The van der Waals surface area contributed by atoms with E-state index in [1.165, 1.54) is 12.1 Å². The van der Waals surface area contributed by atoms with E-state index in [1.54, 1.807) is 6.07 Å². The molecule has 4 rings (SSSR count). The molecular weight excluding hydrogens is 307 g/mol. The van der Waals surface area contributed by atoms with Gasteiger partial charge in [-0.1, -0.05) is 18.2 Å². The minimum atomic E-state index is -0.266. The lowest BCUT2D eigenvalue weighted by atomic mass is 9.97. The Labute approximate surface area is 138 Å². The van der Waals surface area contributed by atoms with Crippen molar-refractivity contribution >= 4 is 17.5 Å². The molecule has 4 nitrogen and oxygen atoms in total. The van der Waals surface area contributed by atoms with Gasteiger partial charge in [-0.25, -0.2) is 4.39 Å². The predicted molar refractivity (Wildman–Crippen MR) is 91.3 cm³/mol. The fraction of sp³-hybridized carbons (Fsp3) is 0.158. The Kier molecular flexibility index (Phi) is 3.61. The van der Waals surface area contributed by atoms with Crippen molar-refractivity contribution in [1.29, 1.82) is 0 Å². The molecule has 0 spiro atoms. The van der Waals surface area contributed by atoms with Gasteiger partial charge < -0.3 is 9.47 Å². The molecule has 120 valence electrons. The van der Waals surface area contributed by atoms with Gasteiger partial charge in [-0.05, 0) is 48.4 Å². The Bertz CT molecular complexity index is 900. The van der Waals surface area contributed by atoms with Crippen LogP contribution in [0.4, 0.5) is 4.39 Å². The number of nitrogens with zero attached hydrogens (tertiary/aromatic N) is 2. The predicted octanol–water partition coefficient (Wildman–Crippen LogP) is 3.99. The van der Waals surface area contributed by atoms with E-state index in [1.807, 2.05) is 37.3 Å². The van der Waals surface area contributed by atoms with E-state index in [0.29, 0.717) is 17.9 Å². The van der Waals surface area contributed by atoms with Crippen molar-refractivity contribution in [3.63, 3.8) is 0 Å². The van der Waals surface area contributed by atoms with Crippen LogP contribution in [0.5, 0.6) is 11.5 Å². The summed E-state index contributed by atoms with van der Waals surface area (Å²) in [5.41, 5.74) is 4.44. The van der Waals surface area contributed by atoms with Crippen molar-refractivity contribution < 1.29 is 13.9 Å². The minimum Gasteiger partial charge on any atom is -0.454 e. The average molecular weight is 322 g/mol. The molecule has 2 aromatic carbocycles. The first-order valence-corrected chi connectivity index (χ1v) is 7.67. The van der Waals surface area contributed by atoms with Crippen LogP contribution in [-0.4, -0.2) is 18.2 Å². The van der Waals surface area contributed by atoms with Crippen LogP contribution in [0, 0.1) is 5.82 Å². The summed E-state index contributed by atoms with van der Waals surface area (Å²) in [6, 6.07) is 10.3. The third kappa shape index (κ3) is 2.80. The Morgan fingerprint density at radius 3 is 2.71 bits per heavy atom. The molecule has 0 amide bonds. The van der Waals surface area contributed by atoms with Gasteiger partial charge in [0, 0.05) is 17.7 Å². The lowest BCUT2D eigenvalue weighted by molar-refractivity contribution is 0.174. The summed E-state index contributed by atoms with van der Waals surface area (Å²) >= 11 is 0. The quantitative estimate of drug-likeness (QED) is 0.839. The first-order chi connectivity index (χ1) is 11.7. The van der Waals surface area contributed by atoms with Crippen molar-refractivity contribution in [1.82, 2.24) is 0 Å². The minimum absolute atomic E-state index is 0.233. The second kappa shape index (κ2) is 5.92. The highest BCUT2D eigenvalue weighted by molar-refractivity contribution is 6.13. The molecule has 0 N–H and O–H groups in total. The summed E-state index contributed by atoms with van der Waals surface area (Å²) in [6.07, 6.45) is 4.37. The molecule has 5 heteroatoms. The molecule has 0 unspecified atom stereocenters. The van der Waals surface area contributed by atoms with Crippen LogP contribution in [0.2, 0.25) is 0 Å². The number of rotatable bonds is 2. The molecule has 2 aliphatic rings. The van der Waals surface area contributed by atoms with Crippen LogP contribution in [0.15, 0.2) is 52.7 Å². The lowest BCUT2D eigenvalue weighted by Crippen LogP contribution is -2.03. The molecule has 0 saturated heterocycles. The van der Waals surface area contributed by atoms with Crippen LogP contribution in [-0.2, 0) is 6.42 Å². The summed E-state index contributed by atoms with van der Waals surface area (Å²) in [4.78, 5) is 0. The topological polar surface area (TPSA) is 43.2 Å². The summed E-state index contributed by atoms with van der Waals surface area (Å²) in [7, 11) is 0. The van der Waals surface area contributed by atoms with Crippen LogP contribution in [0.3, 0.4) is 0 Å². The SMILES string of the molecule is CC1=NN=C(C=Cc2cccc(F)c2)c2cc3c(cc2C1)OCO3. The van der Waals surface area contributed by atoms with Crippen LogP contribution < -0.4 is 9.47 Å². The van der Waals surface area contributed by atoms with Crippen molar-refractivity contribution in [3.05, 3.63) is 65.0 Å². The van der Waals surface area contributed by atoms with Crippen molar-refractivity contribution in [3.8, 4) is 11.5 Å². The molecule has 0 saturated carbocycles. The summed E-state index contributed by atoms with van der Waals surface area (Å²) in [5.74, 6) is 1.19.